The number of hydrogen-bond donors (Lipinski definition) is 1. The molecular weight excluding hydrogens is 777 g/mol. The topological polar surface area (TPSA) is 129 Å². The van der Waals surface area contributed by atoms with Gasteiger partial charge in [-0.2, -0.15) is 13.0 Å². The first-order chi connectivity index (χ1) is 27.2. The smallest absolute Gasteiger partial charge is 0.295 e. The van der Waals surface area contributed by atoms with E-state index in [0.29, 0.717) is 46.9 Å². The molecule has 1 N–H and O–H groups in total. The second kappa shape index (κ2) is 19.2. The van der Waals surface area contributed by atoms with Gasteiger partial charge in [0.2, 0.25) is 11.4 Å². The molecule has 4 aromatic carbocycles. The number of unbranched alkanes of at least 4 members (excludes halogenated alkanes) is 2. The fourth-order valence-corrected chi connectivity index (χ4v) is 10.2. The Morgan fingerprint density at radius 2 is 1.11 bits per heavy atom. The molecule has 0 aliphatic heterocycles. The summed E-state index contributed by atoms with van der Waals surface area (Å²) in [5.74, 6) is 0.182. The van der Waals surface area contributed by atoms with Crippen LogP contribution in [-0.2, 0) is 29.8 Å². The van der Waals surface area contributed by atoms with Crippen molar-refractivity contribution in [3.63, 3.8) is 0 Å². The Kier molecular flexibility index (Phi) is 14.7. The Hall–Kier alpha value is -4.62. The lowest BCUT2D eigenvalue weighted by Crippen LogP contribution is -2.18. The average molecular weight is 830 g/mol. The second-order valence-corrected chi connectivity index (χ2v) is 19.7. The van der Waals surface area contributed by atoms with Crippen molar-refractivity contribution in [2.75, 3.05) is 29.5 Å². The molecule has 0 fully saturated rings. The minimum absolute atomic E-state index is 0.0912. The molecule has 0 amide bonds. The van der Waals surface area contributed by atoms with Crippen molar-refractivity contribution in [2.45, 2.75) is 80.9 Å². The molecule has 0 aromatic heterocycles. The maximum absolute atomic E-state index is 12.7. The fourth-order valence-electron chi connectivity index (χ4n) is 6.88. The Balaban J connectivity index is 1.60. The van der Waals surface area contributed by atoms with E-state index >= 15 is 0 Å². The van der Waals surface area contributed by atoms with Crippen molar-refractivity contribution < 1.29 is 34.4 Å². The summed E-state index contributed by atoms with van der Waals surface area (Å²) in [5.41, 5.74) is 5.89. The van der Waals surface area contributed by atoms with Gasteiger partial charge >= 0.3 is 0 Å². The molecule has 0 bridgehead atoms. The number of sulfone groups is 2. The number of hydrogen-bond acceptors (Lipinski definition) is 7. The second-order valence-electron chi connectivity index (χ2n) is 14.1. The van der Waals surface area contributed by atoms with Gasteiger partial charge in [-0.3, -0.25) is 4.55 Å². The van der Waals surface area contributed by atoms with Crippen LogP contribution >= 0.6 is 0 Å². The van der Waals surface area contributed by atoms with Gasteiger partial charge in [-0.05, 0) is 103 Å². The average Bonchev–Trinajstić information content (AvgIpc) is 3.19. The van der Waals surface area contributed by atoms with Gasteiger partial charge in [0.25, 0.3) is 10.1 Å². The Morgan fingerprint density at radius 1 is 0.596 bits per heavy atom. The minimum atomic E-state index is -4.59. The van der Waals surface area contributed by atoms with E-state index in [2.05, 4.69) is 23.3 Å². The van der Waals surface area contributed by atoms with Crippen LogP contribution in [0, 0.1) is 0 Å². The molecule has 5 rings (SSSR count). The summed E-state index contributed by atoms with van der Waals surface area (Å²) in [6.07, 6.45) is 12.6. The van der Waals surface area contributed by atoms with E-state index in [0.717, 1.165) is 59.6 Å². The Morgan fingerprint density at radius 3 is 1.61 bits per heavy atom. The van der Waals surface area contributed by atoms with Gasteiger partial charge in [-0.25, -0.2) is 16.8 Å². The van der Waals surface area contributed by atoms with Gasteiger partial charge in [-0.15, -0.1) is 0 Å². The van der Waals surface area contributed by atoms with Crippen molar-refractivity contribution in [3.8, 4) is 0 Å². The highest BCUT2D eigenvalue weighted by Gasteiger charge is 2.24. The van der Waals surface area contributed by atoms with E-state index in [9.17, 15) is 29.8 Å². The first-order valence-corrected chi connectivity index (χ1v) is 24.3. The summed E-state index contributed by atoms with van der Waals surface area (Å²) >= 11 is 0. The van der Waals surface area contributed by atoms with Crippen molar-refractivity contribution in [1.82, 2.24) is 0 Å². The summed E-state index contributed by atoms with van der Waals surface area (Å²) in [7, 11) is -11.3. The monoisotopic (exact) mass is 829 g/mol. The number of benzene rings is 4. The van der Waals surface area contributed by atoms with Crippen molar-refractivity contribution in [2.24, 2.45) is 0 Å². The van der Waals surface area contributed by atoms with Crippen LogP contribution in [0.15, 0.2) is 142 Å². The quantitative estimate of drug-likeness (QED) is 0.0776. The van der Waals surface area contributed by atoms with E-state index in [-0.39, 0.29) is 16.4 Å². The van der Waals surface area contributed by atoms with E-state index in [1.165, 1.54) is 6.07 Å². The van der Waals surface area contributed by atoms with Crippen LogP contribution in [0.2, 0.25) is 0 Å². The molecule has 4 aromatic rings. The van der Waals surface area contributed by atoms with Crippen molar-refractivity contribution in [1.29, 1.82) is 0 Å². The van der Waals surface area contributed by atoms with Crippen LogP contribution in [0.25, 0.3) is 5.57 Å². The van der Waals surface area contributed by atoms with Crippen molar-refractivity contribution in [3.05, 3.63) is 138 Å². The predicted octanol–water partition coefficient (Wildman–Crippen LogP) is 9.75. The molecule has 0 atom stereocenters. The summed E-state index contributed by atoms with van der Waals surface area (Å²) in [6, 6.07) is 28.1. The number of nitrogens with zero attached hydrogens (tertiary/aromatic N) is 2. The summed E-state index contributed by atoms with van der Waals surface area (Å²) in [4.78, 5) is 2.52. The third kappa shape index (κ3) is 10.7. The largest absolute Gasteiger partial charge is 0.341 e. The minimum Gasteiger partial charge on any atom is -0.341 e. The molecule has 0 radical (unpaired) electrons. The molecule has 57 heavy (non-hydrogen) atoms. The standard InChI is InChI=1S/C45H52N2O7S3/c1-5-9-31-46(39-23-27-41(28-24-39)55(48,49)33-7-3)37-19-15-35(16-20-37)45(43-13-11-12-14-44(43)57(52,53)54)36-17-21-38(22-18-36)47(32-10-6-2)40-25-29-42(30-26-40)56(50,51)34-8-4/h11-30H,5-10,31-34H2,1-4H3/p+1. The third-order valence-electron chi connectivity index (χ3n) is 9.80. The molecular formula is C45H53N2O7S3+. The first-order valence-electron chi connectivity index (χ1n) is 19.6. The van der Waals surface area contributed by atoms with Gasteiger partial charge < -0.3 is 4.90 Å². The predicted molar refractivity (Wildman–Crippen MR) is 231 cm³/mol. The summed E-state index contributed by atoms with van der Waals surface area (Å²) in [6.45, 7) is 9.31. The van der Waals surface area contributed by atoms with Crippen molar-refractivity contribution >= 4 is 58.1 Å². The van der Waals surface area contributed by atoms with Crippen LogP contribution < -0.4 is 4.90 Å². The van der Waals surface area contributed by atoms with Gasteiger partial charge in [0.15, 0.2) is 19.7 Å². The molecule has 1 aliphatic rings. The van der Waals surface area contributed by atoms with Crippen LogP contribution in [0.3, 0.4) is 0 Å². The first kappa shape index (κ1) is 43.5. The lowest BCUT2D eigenvalue weighted by Gasteiger charge is -2.26. The lowest BCUT2D eigenvalue weighted by molar-refractivity contribution is -0.439. The molecule has 0 heterocycles. The normalized spacial score (nSPS) is 13.2. The maximum atomic E-state index is 12.7. The molecule has 12 heteroatoms. The highest BCUT2D eigenvalue weighted by molar-refractivity contribution is 7.91. The van der Waals surface area contributed by atoms with E-state index in [1.54, 1.807) is 42.5 Å². The molecule has 9 nitrogen and oxygen atoms in total. The zero-order chi connectivity index (χ0) is 41.2. The van der Waals surface area contributed by atoms with E-state index in [1.807, 2.05) is 86.7 Å². The molecule has 0 saturated carbocycles. The van der Waals surface area contributed by atoms with E-state index in [4.69, 9.17) is 0 Å². The zero-order valence-corrected chi connectivity index (χ0v) is 35.6. The number of rotatable bonds is 18. The fraction of sp³-hybridized carbons (Fsp3) is 0.311. The number of anilines is 2. The third-order valence-corrected chi connectivity index (χ3v) is 14.6. The lowest BCUT2D eigenvalue weighted by atomic mass is 9.90. The summed E-state index contributed by atoms with van der Waals surface area (Å²) in [5, 5.41) is 0. The maximum Gasteiger partial charge on any atom is 0.295 e. The van der Waals surface area contributed by atoms with Crippen LogP contribution in [0.1, 0.15) is 77.3 Å². The molecule has 0 saturated heterocycles. The molecule has 1 aliphatic carbocycles. The van der Waals surface area contributed by atoms with Gasteiger partial charge in [0.1, 0.15) is 11.4 Å². The Labute approximate surface area is 339 Å². The number of allylic oxidation sites excluding steroid dienone is 5. The molecule has 0 spiro atoms. The highest BCUT2D eigenvalue weighted by atomic mass is 32.2. The van der Waals surface area contributed by atoms with E-state index < -0.39 is 29.8 Å². The van der Waals surface area contributed by atoms with Crippen LogP contribution in [0.4, 0.5) is 17.1 Å². The van der Waals surface area contributed by atoms with Crippen LogP contribution in [-0.4, -0.2) is 64.7 Å². The highest BCUT2D eigenvalue weighted by Crippen LogP contribution is 2.36. The SMILES string of the molecule is CCCCN(c1ccc(C(=C2C=CC(=[N+](CCCC)c3ccc(S(=O)(=O)CCC)cc3)C=C2)c2ccccc2S(=O)(=O)O)cc1)c1ccc(S(=O)(=O)CCC)cc1. The van der Waals surface area contributed by atoms with Gasteiger partial charge in [-0.1, -0.05) is 70.9 Å². The molecule has 0 unspecified atom stereocenters. The zero-order valence-electron chi connectivity index (χ0n) is 33.1. The molecule has 302 valence electrons. The van der Waals surface area contributed by atoms with Crippen LogP contribution in [0.5, 0.6) is 0 Å². The summed E-state index contributed by atoms with van der Waals surface area (Å²) < 4.78 is 88.7. The Bertz CT molecular complexity index is 2470. The van der Waals surface area contributed by atoms with Gasteiger partial charge in [0.05, 0.1) is 21.3 Å². The van der Waals surface area contributed by atoms with Gasteiger partial charge in [0, 0.05) is 54.2 Å².